The predicted octanol–water partition coefficient (Wildman–Crippen LogP) is 3.33. The van der Waals surface area contributed by atoms with E-state index in [1.165, 1.54) is 27.7 Å². The average Bonchev–Trinajstić information content (AvgIpc) is 2.51. The van der Waals surface area contributed by atoms with E-state index in [4.69, 9.17) is 14.0 Å². The SMILES string of the molecule is CC(C)(OC(=O)C12CC3CC(CC(C3)C1)C2)C(C)(C)OC(=O)C(F)(F)S(=O)(=O)O. The fourth-order valence-electron chi connectivity index (χ4n) is 5.34. The number of halogens is 2. The van der Waals surface area contributed by atoms with Crippen molar-refractivity contribution in [2.75, 3.05) is 0 Å². The normalized spacial score (nSPS) is 32.2. The zero-order chi connectivity index (χ0) is 22.0. The highest BCUT2D eigenvalue weighted by atomic mass is 32.2. The van der Waals surface area contributed by atoms with Crippen molar-refractivity contribution in [3.05, 3.63) is 0 Å². The van der Waals surface area contributed by atoms with Crippen molar-refractivity contribution in [2.24, 2.45) is 23.2 Å². The molecule has 4 bridgehead atoms. The summed E-state index contributed by atoms with van der Waals surface area (Å²) in [6, 6.07) is 0. The molecule has 0 aromatic heterocycles. The summed E-state index contributed by atoms with van der Waals surface area (Å²) in [5, 5.41) is -5.12. The molecule has 4 saturated carbocycles. The smallest absolute Gasteiger partial charge is 0.455 e. The van der Waals surface area contributed by atoms with Crippen LogP contribution in [0.4, 0.5) is 8.78 Å². The molecule has 4 aliphatic carbocycles. The van der Waals surface area contributed by atoms with Crippen molar-refractivity contribution < 1.29 is 40.8 Å². The second-order valence-corrected chi connectivity index (χ2v) is 11.5. The Hall–Kier alpha value is -1.29. The molecular formula is C19H28F2O7S. The Balaban J connectivity index is 1.74. The molecular weight excluding hydrogens is 410 g/mol. The zero-order valence-electron chi connectivity index (χ0n) is 17.0. The van der Waals surface area contributed by atoms with Crippen LogP contribution in [-0.2, 0) is 29.2 Å². The lowest BCUT2D eigenvalue weighted by atomic mass is 9.49. The van der Waals surface area contributed by atoms with Gasteiger partial charge in [0.2, 0.25) is 0 Å². The van der Waals surface area contributed by atoms with Crippen molar-refractivity contribution in [3.8, 4) is 0 Å². The number of alkyl halides is 2. The second kappa shape index (κ2) is 6.60. The van der Waals surface area contributed by atoms with E-state index in [2.05, 4.69) is 0 Å². The molecule has 0 atom stereocenters. The summed E-state index contributed by atoms with van der Waals surface area (Å²) in [6.07, 6.45) is 5.62. The molecule has 0 spiro atoms. The highest BCUT2D eigenvalue weighted by Gasteiger charge is 2.60. The summed E-state index contributed by atoms with van der Waals surface area (Å²) in [7, 11) is -5.99. The van der Waals surface area contributed by atoms with Gasteiger partial charge < -0.3 is 9.47 Å². The summed E-state index contributed by atoms with van der Waals surface area (Å²) < 4.78 is 67.8. The Labute approximate surface area is 169 Å². The molecule has 4 fully saturated rings. The van der Waals surface area contributed by atoms with Gasteiger partial charge in [-0.25, -0.2) is 4.79 Å². The van der Waals surface area contributed by atoms with Gasteiger partial charge in [0, 0.05) is 0 Å². The fraction of sp³-hybridized carbons (Fsp3) is 0.895. The van der Waals surface area contributed by atoms with Crippen LogP contribution in [0.15, 0.2) is 0 Å². The molecule has 10 heteroatoms. The van der Waals surface area contributed by atoms with Crippen LogP contribution in [0.3, 0.4) is 0 Å². The molecule has 4 aliphatic rings. The van der Waals surface area contributed by atoms with Crippen LogP contribution in [-0.4, -0.2) is 41.4 Å². The summed E-state index contributed by atoms with van der Waals surface area (Å²) in [5.74, 6) is -1.36. The average molecular weight is 438 g/mol. The Morgan fingerprint density at radius 1 is 0.897 bits per heavy atom. The highest BCUT2D eigenvalue weighted by Crippen LogP contribution is 2.60. The summed E-state index contributed by atoms with van der Waals surface area (Å²) in [4.78, 5) is 24.9. The molecule has 0 heterocycles. The van der Waals surface area contributed by atoms with Crippen molar-refractivity contribution in [2.45, 2.75) is 82.7 Å². The molecule has 0 radical (unpaired) electrons. The van der Waals surface area contributed by atoms with Crippen molar-refractivity contribution in [1.29, 1.82) is 0 Å². The summed E-state index contributed by atoms with van der Waals surface area (Å²) >= 11 is 0. The van der Waals surface area contributed by atoms with E-state index in [9.17, 15) is 26.8 Å². The number of ether oxygens (including phenoxy) is 2. The molecule has 0 aromatic rings. The molecule has 0 aromatic carbocycles. The van der Waals surface area contributed by atoms with E-state index in [0.717, 1.165) is 38.5 Å². The van der Waals surface area contributed by atoms with Crippen LogP contribution in [0.2, 0.25) is 0 Å². The number of esters is 2. The van der Waals surface area contributed by atoms with Gasteiger partial charge in [-0.3, -0.25) is 9.35 Å². The Morgan fingerprint density at radius 3 is 1.66 bits per heavy atom. The van der Waals surface area contributed by atoms with Gasteiger partial charge in [-0.15, -0.1) is 0 Å². The molecule has 0 aliphatic heterocycles. The number of hydrogen-bond acceptors (Lipinski definition) is 6. The highest BCUT2D eigenvalue weighted by molar-refractivity contribution is 7.87. The Morgan fingerprint density at radius 2 is 1.28 bits per heavy atom. The lowest BCUT2D eigenvalue weighted by Crippen LogP contribution is -2.57. The maximum atomic E-state index is 13.6. The lowest BCUT2D eigenvalue weighted by molar-refractivity contribution is -0.219. The topological polar surface area (TPSA) is 107 Å². The molecule has 0 unspecified atom stereocenters. The summed E-state index contributed by atoms with van der Waals surface area (Å²) in [5.41, 5.74) is -3.89. The largest absolute Gasteiger partial charge is 0.465 e. The van der Waals surface area contributed by atoms with E-state index in [0.29, 0.717) is 17.8 Å². The first-order valence-electron chi connectivity index (χ1n) is 9.81. The van der Waals surface area contributed by atoms with Gasteiger partial charge in [0.15, 0.2) is 0 Å². The van der Waals surface area contributed by atoms with E-state index < -0.39 is 43.9 Å². The van der Waals surface area contributed by atoms with Gasteiger partial charge in [0.25, 0.3) is 0 Å². The maximum Gasteiger partial charge on any atom is 0.465 e. The number of rotatable bonds is 6. The van der Waals surface area contributed by atoms with E-state index >= 15 is 0 Å². The molecule has 4 rings (SSSR count). The fourth-order valence-corrected chi connectivity index (χ4v) is 5.60. The molecule has 29 heavy (non-hydrogen) atoms. The van der Waals surface area contributed by atoms with Gasteiger partial charge in [0.1, 0.15) is 11.2 Å². The van der Waals surface area contributed by atoms with Gasteiger partial charge in [-0.05, 0) is 84.0 Å². The standard InChI is InChI=1S/C19H28F2O7S/c1-16(2,17(3,4)28-15(23)19(20,21)29(24,25)26)27-14(22)18-8-11-5-12(9-18)7-13(6-11)10-18/h11-13H,5-10H2,1-4H3,(H,24,25,26). The lowest BCUT2D eigenvalue weighted by Gasteiger charge is -2.56. The number of carbonyl (C=O) groups is 2. The molecule has 166 valence electrons. The van der Waals surface area contributed by atoms with E-state index in [1.807, 2.05) is 0 Å². The van der Waals surface area contributed by atoms with Crippen molar-refractivity contribution >= 4 is 22.1 Å². The van der Waals surface area contributed by atoms with E-state index in [-0.39, 0.29) is 0 Å². The summed E-state index contributed by atoms with van der Waals surface area (Å²) in [6.45, 7) is 5.34. The van der Waals surface area contributed by atoms with Crippen LogP contribution < -0.4 is 0 Å². The van der Waals surface area contributed by atoms with E-state index in [1.54, 1.807) is 0 Å². The first-order valence-corrected chi connectivity index (χ1v) is 11.2. The third kappa shape index (κ3) is 3.78. The minimum atomic E-state index is -5.99. The minimum absolute atomic E-state index is 0.424. The molecule has 7 nitrogen and oxygen atoms in total. The first-order chi connectivity index (χ1) is 13.0. The Bertz CT molecular complexity index is 781. The van der Waals surface area contributed by atoms with Crippen LogP contribution in [0.25, 0.3) is 0 Å². The van der Waals surface area contributed by atoms with Crippen molar-refractivity contribution in [1.82, 2.24) is 0 Å². The predicted molar refractivity (Wildman–Crippen MR) is 97.4 cm³/mol. The maximum absolute atomic E-state index is 13.6. The van der Waals surface area contributed by atoms with Crippen LogP contribution in [0.1, 0.15) is 66.2 Å². The molecule has 0 amide bonds. The molecule has 0 saturated heterocycles. The van der Waals surface area contributed by atoms with Crippen LogP contribution in [0, 0.1) is 23.2 Å². The Kier molecular flexibility index (Phi) is 5.10. The first kappa shape index (κ1) is 22.4. The number of hydrogen-bond donors (Lipinski definition) is 1. The second-order valence-electron chi connectivity index (χ2n) is 9.99. The zero-order valence-corrected chi connectivity index (χ0v) is 17.9. The van der Waals surface area contributed by atoms with Gasteiger partial charge in [-0.1, -0.05) is 0 Å². The third-order valence-electron chi connectivity index (χ3n) is 7.18. The van der Waals surface area contributed by atoms with Gasteiger partial charge in [-0.2, -0.15) is 17.2 Å². The van der Waals surface area contributed by atoms with Gasteiger partial charge in [0.05, 0.1) is 5.41 Å². The van der Waals surface area contributed by atoms with Crippen LogP contribution in [0.5, 0.6) is 0 Å². The minimum Gasteiger partial charge on any atom is -0.455 e. The number of carbonyl (C=O) groups excluding carboxylic acids is 2. The monoisotopic (exact) mass is 438 g/mol. The van der Waals surface area contributed by atoms with Crippen LogP contribution >= 0.6 is 0 Å². The third-order valence-corrected chi connectivity index (χ3v) is 7.99. The van der Waals surface area contributed by atoms with Crippen molar-refractivity contribution in [3.63, 3.8) is 0 Å². The molecule has 1 N–H and O–H groups in total. The quantitative estimate of drug-likeness (QED) is 0.501. The van der Waals surface area contributed by atoms with Gasteiger partial charge >= 0.3 is 27.3 Å².